The van der Waals surface area contributed by atoms with E-state index in [-0.39, 0.29) is 6.61 Å². The normalized spacial score (nSPS) is 10.4. The highest BCUT2D eigenvalue weighted by atomic mass is 79.9. The zero-order valence-corrected chi connectivity index (χ0v) is 10.9. The van der Waals surface area contributed by atoms with Gasteiger partial charge < -0.3 is 10.0 Å². The second kappa shape index (κ2) is 6.30. The molecule has 84 valence electrons. The Kier molecular flexibility index (Phi) is 5.36. The van der Waals surface area contributed by atoms with E-state index in [1.165, 1.54) is 0 Å². The van der Waals surface area contributed by atoms with Crippen LogP contribution >= 0.6 is 27.5 Å². The van der Waals surface area contributed by atoms with Crippen molar-refractivity contribution >= 4 is 33.3 Å². The Bertz CT molecular complexity index is 322. The van der Waals surface area contributed by atoms with Crippen molar-refractivity contribution in [3.8, 4) is 0 Å². The zero-order valence-electron chi connectivity index (χ0n) is 8.58. The fourth-order valence-corrected chi connectivity index (χ4v) is 2.06. The molecule has 1 aromatic heterocycles. The van der Waals surface area contributed by atoms with Gasteiger partial charge in [0.25, 0.3) is 0 Å². The fraction of sp³-hybridized carbons (Fsp3) is 0.500. The van der Waals surface area contributed by atoms with E-state index in [0.717, 1.165) is 29.8 Å². The molecule has 1 aromatic rings. The smallest absolute Gasteiger partial charge is 0.147 e. The van der Waals surface area contributed by atoms with Gasteiger partial charge in [0.2, 0.25) is 0 Å². The fourth-order valence-electron chi connectivity index (χ4n) is 1.32. The van der Waals surface area contributed by atoms with Gasteiger partial charge in [-0.15, -0.1) is 0 Å². The third-order valence-electron chi connectivity index (χ3n) is 2.06. The molecular formula is C10H14BrClN2O. The number of hydrogen-bond acceptors (Lipinski definition) is 3. The molecule has 0 aliphatic carbocycles. The Morgan fingerprint density at radius 1 is 1.60 bits per heavy atom. The molecule has 3 nitrogen and oxygen atoms in total. The van der Waals surface area contributed by atoms with E-state index in [1.54, 1.807) is 6.20 Å². The lowest BCUT2D eigenvalue weighted by molar-refractivity contribution is 0.289. The Balaban J connectivity index is 2.81. The van der Waals surface area contributed by atoms with E-state index in [2.05, 4.69) is 20.9 Å². The zero-order chi connectivity index (χ0) is 11.3. The number of hydrogen-bond donors (Lipinski definition) is 1. The van der Waals surface area contributed by atoms with E-state index in [9.17, 15) is 0 Å². The summed E-state index contributed by atoms with van der Waals surface area (Å²) >= 11 is 9.40. The van der Waals surface area contributed by atoms with Crippen LogP contribution in [0, 0.1) is 0 Å². The van der Waals surface area contributed by atoms with Crippen LogP contribution < -0.4 is 4.90 Å². The van der Waals surface area contributed by atoms with E-state index in [0.29, 0.717) is 5.02 Å². The van der Waals surface area contributed by atoms with E-state index >= 15 is 0 Å². The van der Waals surface area contributed by atoms with Crippen LogP contribution in [-0.4, -0.2) is 29.8 Å². The molecule has 0 aliphatic heterocycles. The number of halogens is 2. The summed E-state index contributed by atoms with van der Waals surface area (Å²) in [5.74, 6) is 0.774. The molecule has 1 N–H and O–H groups in total. The van der Waals surface area contributed by atoms with Gasteiger partial charge >= 0.3 is 0 Å². The summed E-state index contributed by atoms with van der Waals surface area (Å²) < 4.78 is 0.870. The SMILES string of the molecule is CCN(CCCO)c1ncc(Br)cc1Cl. The molecule has 0 spiro atoms. The summed E-state index contributed by atoms with van der Waals surface area (Å²) in [6.07, 6.45) is 2.45. The van der Waals surface area contributed by atoms with E-state index < -0.39 is 0 Å². The van der Waals surface area contributed by atoms with Gasteiger partial charge in [0.1, 0.15) is 5.82 Å². The maximum Gasteiger partial charge on any atom is 0.147 e. The monoisotopic (exact) mass is 292 g/mol. The van der Waals surface area contributed by atoms with Crippen molar-refractivity contribution in [2.75, 3.05) is 24.6 Å². The van der Waals surface area contributed by atoms with Crippen LogP contribution in [0.1, 0.15) is 13.3 Å². The maximum atomic E-state index is 8.78. The highest BCUT2D eigenvalue weighted by molar-refractivity contribution is 9.10. The van der Waals surface area contributed by atoms with Crippen LogP contribution in [0.2, 0.25) is 5.02 Å². The minimum atomic E-state index is 0.185. The molecule has 0 atom stereocenters. The standard InChI is InChI=1S/C10H14BrClN2O/c1-2-14(4-3-5-15)10-9(12)6-8(11)7-13-10/h6-7,15H,2-5H2,1H3. The van der Waals surface area contributed by atoms with Gasteiger partial charge in [0.15, 0.2) is 0 Å². The molecule has 1 heterocycles. The highest BCUT2D eigenvalue weighted by Gasteiger charge is 2.09. The second-order valence-corrected chi connectivity index (χ2v) is 4.44. The number of pyridine rings is 1. The summed E-state index contributed by atoms with van der Waals surface area (Å²) in [4.78, 5) is 6.31. The first-order valence-electron chi connectivity index (χ1n) is 4.86. The Morgan fingerprint density at radius 2 is 2.33 bits per heavy atom. The summed E-state index contributed by atoms with van der Waals surface area (Å²) in [7, 11) is 0. The van der Waals surface area contributed by atoms with Gasteiger partial charge in [-0.2, -0.15) is 0 Å². The number of aliphatic hydroxyl groups excluding tert-OH is 1. The minimum absolute atomic E-state index is 0.185. The number of aliphatic hydroxyl groups is 1. The summed E-state index contributed by atoms with van der Waals surface area (Å²) in [6, 6.07) is 1.82. The van der Waals surface area contributed by atoms with Crippen LogP contribution in [0.25, 0.3) is 0 Å². The van der Waals surface area contributed by atoms with Gasteiger partial charge in [-0.05, 0) is 35.3 Å². The van der Waals surface area contributed by atoms with Crippen molar-refractivity contribution in [3.63, 3.8) is 0 Å². The molecule has 0 unspecified atom stereocenters. The van der Waals surface area contributed by atoms with Crippen molar-refractivity contribution in [2.45, 2.75) is 13.3 Å². The first kappa shape index (κ1) is 12.7. The van der Waals surface area contributed by atoms with E-state index in [1.807, 2.05) is 17.9 Å². The molecule has 0 saturated heterocycles. The minimum Gasteiger partial charge on any atom is -0.396 e. The lowest BCUT2D eigenvalue weighted by Crippen LogP contribution is -2.25. The van der Waals surface area contributed by atoms with Crippen LogP contribution in [-0.2, 0) is 0 Å². The summed E-state index contributed by atoms with van der Waals surface area (Å²) in [6.45, 7) is 3.82. The van der Waals surface area contributed by atoms with Gasteiger partial charge in [0, 0.05) is 30.4 Å². The van der Waals surface area contributed by atoms with Crippen LogP contribution in [0.3, 0.4) is 0 Å². The molecule has 0 fully saturated rings. The number of nitrogens with zero attached hydrogens (tertiary/aromatic N) is 2. The molecule has 0 aliphatic rings. The maximum absolute atomic E-state index is 8.78. The Hall–Kier alpha value is -0.320. The predicted octanol–water partition coefficient (Wildman–Crippen LogP) is 2.71. The average molecular weight is 294 g/mol. The molecule has 0 amide bonds. The topological polar surface area (TPSA) is 36.4 Å². The summed E-state index contributed by atoms with van der Waals surface area (Å²) in [5, 5.41) is 9.41. The Morgan fingerprint density at radius 3 is 2.87 bits per heavy atom. The third-order valence-corrected chi connectivity index (χ3v) is 2.77. The Labute approximate surface area is 103 Å². The van der Waals surface area contributed by atoms with Crippen LogP contribution in [0.5, 0.6) is 0 Å². The first-order valence-corrected chi connectivity index (χ1v) is 6.03. The quantitative estimate of drug-likeness (QED) is 0.907. The summed E-state index contributed by atoms with van der Waals surface area (Å²) in [5.41, 5.74) is 0. The molecule has 0 radical (unpaired) electrons. The first-order chi connectivity index (χ1) is 7.19. The molecule has 5 heteroatoms. The van der Waals surface area contributed by atoms with Crippen molar-refractivity contribution < 1.29 is 5.11 Å². The molecular weight excluding hydrogens is 279 g/mol. The number of aromatic nitrogens is 1. The lowest BCUT2D eigenvalue weighted by atomic mass is 10.3. The molecule has 15 heavy (non-hydrogen) atoms. The molecule has 0 saturated carbocycles. The van der Waals surface area contributed by atoms with Crippen molar-refractivity contribution in [2.24, 2.45) is 0 Å². The highest BCUT2D eigenvalue weighted by Crippen LogP contribution is 2.26. The lowest BCUT2D eigenvalue weighted by Gasteiger charge is -2.22. The number of rotatable bonds is 5. The third kappa shape index (κ3) is 3.63. The van der Waals surface area contributed by atoms with Gasteiger partial charge in [-0.25, -0.2) is 4.98 Å². The molecule has 1 rings (SSSR count). The largest absolute Gasteiger partial charge is 0.396 e. The van der Waals surface area contributed by atoms with Crippen LogP contribution in [0.15, 0.2) is 16.7 Å². The molecule has 0 bridgehead atoms. The van der Waals surface area contributed by atoms with Crippen molar-refractivity contribution in [3.05, 3.63) is 21.8 Å². The van der Waals surface area contributed by atoms with Gasteiger partial charge in [0.05, 0.1) is 5.02 Å². The van der Waals surface area contributed by atoms with Gasteiger partial charge in [-0.1, -0.05) is 11.6 Å². The average Bonchev–Trinajstić information content (AvgIpc) is 2.21. The van der Waals surface area contributed by atoms with Crippen molar-refractivity contribution in [1.82, 2.24) is 4.98 Å². The predicted molar refractivity (Wildman–Crippen MR) is 66.5 cm³/mol. The van der Waals surface area contributed by atoms with E-state index in [4.69, 9.17) is 16.7 Å². The number of anilines is 1. The molecule has 0 aromatic carbocycles. The van der Waals surface area contributed by atoms with Gasteiger partial charge in [-0.3, -0.25) is 0 Å². The van der Waals surface area contributed by atoms with Crippen molar-refractivity contribution in [1.29, 1.82) is 0 Å². The second-order valence-electron chi connectivity index (χ2n) is 3.12. The van der Waals surface area contributed by atoms with Crippen LogP contribution in [0.4, 0.5) is 5.82 Å².